The number of pyridine rings is 2. The van der Waals surface area contributed by atoms with E-state index in [1.54, 1.807) is 24.7 Å². The highest BCUT2D eigenvalue weighted by atomic mass is 32.2. The van der Waals surface area contributed by atoms with Crippen molar-refractivity contribution in [3.63, 3.8) is 0 Å². The van der Waals surface area contributed by atoms with Gasteiger partial charge < -0.3 is 10.3 Å². The molecule has 0 radical (unpaired) electrons. The Balaban J connectivity index is 1.25. The zero-order chi connectivity index (χ0) is 29.7. The Morgan fingerprint density at radius 2 is 1.91 bits per heavy atom. The van der Waals surface area contributed by atoms with Crippen LogP contribution in [-0.2, 0) is 21.1 Å². The van der Waals surface area contributed by atoms with Crippen molar-refractivity contribution in [2.45, 2.75) is 19.3 Å². The standard InChI is InChI=1S/C31H26FN7O3S/c1-43(41,42)8-7-17-9-19(11-21(32)10-17)23-3-2-4-25-28(23)37-30(36-25)29-24-13-26(34-16-27(24)38-39-29)20-12-22(15-33-14-20)35-31(40)18-5-6-18/h2-4,9-16,18H,5-8H2,1H3,(H,35,40)(H,36,37)(H,38,39). The van der Waals surface area contributed by atoms with Crippen LogP contribution in [0.5, 0.6) is 0 Å². The second kappa shape index (κ2) is 10.4. The Bertz CT molecular complexity index is 2150. The number of H-pyrrole nitrogens is 2. The maximum atomic E-state index is 14.6. The fraction of sp³-hybridized carbons (Fsp3) is 0.194. The number of carbonyl (C=O) groups excluding carboxylic acids is 1. The lowest BCUT2D eigenvalue weighted by Gasteiger charge is -2.07. The van der Waals surface area contributed by atoms with Gasteiger partial charge in [-0.1, -0.05) is 18.2 Å². The van der Waals surface area contributed by atoms with Crippen molar-refractivity contribution in [2.75, 3.05) is 17.3 Å². The summed E-state index contributed by atoms with van der Waals surface area (Å²) in [5.74, 6) is 0.0947. The minimum absolute atomic E-state index is 0.00658. The van der Waals surface area contributed by atoms with Gasteiger partial charge in [0, 0.05) is 34.9 Å². The zero-order valence-corrected chi connectivity index (χ0v) is 23.9. The van der Waals surface area contributed by atoms with E-state index in [2.05, 4.69) is 30.5 Å². The van der Waals surface area contributed by atoms with Gasteiger partial charge >= 0.3 is 0 Å². The van der Waals surface area contributed by atoms with Gasteiger partial charge in [-0.3, -0.25) is 19.9 Å². The topological polar surface area (TPSA) is 146 Å². The van der Waals surface area contributed by atoms with Gasteiger partial charge in [-0.15, -0.1) is 0 Å². The summed E-state index contributed by atoms with van der Waals surface area (Å²) in [4.78, 5) is 29.3. The van der Waals surface area contributed by atoms with E-state index < -0.39 is 15.7 Å². The van der Waals surface area contributed by atoms with Crippen LogP contribution in [0.3, 0.4) is 0 Å². The van der Waals surface area contributed by atoms with Crippen molar-refractivity contribution in [3.05, 3.63) is 78.5 Å². The third-order valence-electron chi connectivity index (χ3n) is 7.46. The molecule has 0 bridgehead atoms. The molecule has 0 atom stereocenters. The van der Waals surface area contributed by atoms with Crippen LogP contribution in [0.2, 0.25) is 0 Å². The number of sulfone groups is 1. The van der Waals surface area contributed by atoms with E-state index in [0.29, 0.717) is 50.6 Å². The highest BCUT2D eigenvalue weighted by Gasteiger charge is 2.29. The average Bonchev–Trinajstić information content (AvgIpc) is 3.61. The van der Waals surface area contributed by atoms with Crippen molar-refractivity contribution in [1.82, 2.24) is 30.1 Å². The predicted octanol–water partition coefficient (Wildman–Crippen LogP) is 5.30. The van der Waals surface area contributed by atoms with Crippen LogP contribution in [-0.4, -0.2) is 56.5 Å². The molecule has 1 fully saturated rings. The number of aryl methyl sites for hydroxylation is 1. The van der Waals surface area contributed by atoms with Crippen LogP contribution in [0.25, 0.3) is 55.8 Å². The number of halogens is 1. The predicted molar refractivity (Wildman–Crippen MR) is 162 cm³/mol. The fourth-order valence-electron chi connectivity index (χ4n) is 5.12. The molecule has 6 aromatic rings. The van der Waals surface area contributed by atoms with Gasteiger partial charge in [0.2, 0.25) is 5.91 Å². The first-order valence-corrected chi connectivity index (χ1v) is 15.8. The third-order valence-corrected chi connectivity index (χ3v) is 8.41. The number of benzene rings is 2. The number of aromatic amines is 2. The Morgan fingerprint density at radius 3 is 2.72 bits per heavy atom. The molecular weight excluding hydrogens is 569 g/mol. The summed E-state index contributed by atoms with van der Waals surface area (Å²) in [7, 11) is -3.19. The number of para-hydroxylation sites is 1. The van der Waals surface area contributed by atoms with Crippen LogP contribution in [0, 0.1) is 11.7 Å². The molecule has 0 spiro atoms. The van der Waals surface area contributed by atoms with Gasteiger partial charge in [0.25, 0.3) is 0 Å². The molecule has 0 unspecified atom stereocenters. The number of anilines is 1. The number of nitrogens with zero attached hydrogens (tertiary/aromatic N) is 4. The Hall–Kier alpha value is -4.97. The smallest absolute Gasteiger partial charge is 0.227 e. The maximum absolute atomic E-state index is 14.6. The molecule has 12 heteroatoms. The molecule has 3 N–H and O–H groups in total. The summed E-state index contributed by atoms with van der Waals surface area (Å²) in [6, 6.07) is 13.9. The minimum Gasteiger partial charge on any atom is -0.337 e. The molecular formula is C31H26FN7O3S. The molecule has 4 heterocycles. The molecule has 0 aliphatic heterocycles. The maximum Gasteiger partial charge on any atom is 0.227 e. The van der Waals surface area contributed by atoms with Gasteiger partial charge in [-0.2, -0.15) is 5.10 Å². The van der Waals surface area contributed by atoms with Crippen molar-refractivity contribution in [2.24, 2.45) is 5.92 Å². The quantitative estimate of drug-likeness (QED) is 0.216. The van der Waals surface area contributed by atoms with E-state index >= 15 is 0 Å². The molecule has 7 rings (SSSR count). The number of hydrogen-bond acceptors (Lipinski definition) is 7. The van der Waals surface area contributed by atoms with E-state index in [1.807, 2.05) is 30.3 Å². The second-order valence-corrected chi connectivity index (χ2v) is 13.2. The van der Waals surface area contributed by atoms with E-state index in [9.17, 15) is 17.6 Å². The van der Waals surface area contributed by atoms with E-state index in [0.717, 1.165) is 29.3 Å². The van der Waals surface area contributed by atoms with Crippen molar-refractivity contribution in [1.29, 1.82) is 0 Å². The molecule has 1 aliphatic carbocycles. The Labute approximate surface area is 245 Å². The summed E-state index contributed by atoms with van der Waals surface area (Å²) in [6.45, 7) is 0. The van der Waals surface area contributed by atoms with Gasteiger partial charge in [0.1, 0.15) is 21.3 Å². The molecule has 4 aromatic heterocycles. The number of carbonyl (C=O) groups is 1. The van der Waals surface area contributed by atoms with Crippen molar-refractivity contribution >= 4 is 43.4 Å². The lowest BCUT2D eigenvalue weighted by Crippen LogP contribution is -2.13. The lowest BCUT2D eigenvalue weighted by molar-refractivity contribution is -0.117. The number of amides is 1. The number of imidazole rings is 1. The summed E-state index contributed by atoms with van der Waals surface area (Å²) in [5, 5.41) is 11.2. The highest BCUT2D eigenvalue weighted by Crippen LogP contribution is 2.34. The molecule has 1 aliphatic rings. The van der Waals surface area contributed by atoms with E-state index in [-0.39, 0.29) is 24.0 Å². The normalized spacial score (nSPS) is 13.5. The van der Waals surface area contributed by atoms with Gasteiger partial charge in [-0.05, 0) is 60.7 Å². The number of fused-ring (bicyclic) bond motifs is 2. The van der Waals surface area contributed by atoms with E-state index in [4.69, 9.17) is 4.98 Å². The third kappa shape index (κ3) is 5.61. The first-order valence-electron chi connectivity index (χ1n) is 13.8. The van der Waals surface area contributed by atoms with Crippen LogP contribution in [0.15, 0.2) is 67.1 Å². The molecule has 2 aromatic carbocycles. The lowest BCUT2D eigenvalue weighted by atomic mass is 10.0. The minimum atomic E-state index is -3.19. The van der Waals surface area contributed by atoms with Crippen LogP contribution >= 0.6 is 0 Å². The van der Waals surface area contributed by atoms with E-state index in [1.165, 1.54) is 18.4 Å². The monoisotopic (exact) mass is 595 g/mol. The average molecular weight is 596 g/mol. The van der Waals surface area contributed by atoms with Crippen LogP contribution in [0.1, 0.15) is 18.4 Å². The SMILES string of the molecule is CS(=O)(=O)CCc1cc(F)cc(-c2cccc3[nH]c(-c4n[nH]c5cnc(-c6cncc(NC(=O)C7CC7)c6)cc45)nc23)c1. The van der Waals surface area contributed by atoms with Gasteiger partial charge in [0.15, 0.2) is 5.82 Å². The highest BCUT2D eigenvalue weighted by molar-refractivity contribution is 7.90. The molecule has 1 amide bonds. The van der Waals surface area contributed by atoms with Crippen LogP contribution < -0.4 is 5.32 Å². The molecule has 0 saturated heterocycles. The molecule has 10 nitrogen and oxygen atoms in total. The fourth-order valence-corrected chi connectivity index (χ4v) is 5.73. The second-order valence-electron chi connectivity index (χ2n) is 10.9. The van der Waals surface area contributed by atoms with Crippen molar-refractivity contribution in [3.8, 4) is 33.9 Å². The van der Waals surface area contributed by atoms with Gasteiger partial charge in [0.05, 0.1) is 46.1 Å². The number of aromatic nitrogens is 6. The summed E-state index contributed by atoms with van der Waals surface area (Å²) in [6.07, 6.45) is 8.21. The van der Waals surface area contributed by atoms with Crippen LogP contribution in [0.4, 0.5) is 10.1 Å². The Kier molecular flexibility index (Phi) is 6.50. The van der Waals surface area contributed by atoms with Gasteiger partial charge in [-0.25, -0.2) is 17.8 Å². The Morgan fingerprint density at radius 1 is 1.05 bits per heavy atom. The molecule has 1 saturated carbocycles. The molecule has 43 heavy (non-hydrogen) atoms. The first kappa shape index (κ1) is 26.9. The van der Waals surface area contributed by atoms with Crippen molar-refractivity contribution < 1.29 is 17.6 Å². The molecule has 216 valence electrons. The first-order chi connectivity index (χ1) is 20.7. The largest absolute Gasteiger partial charge is 0.337 e. The summed E-state index contributed by atoms with van der Waals surface area (Å²) < 4.78 is 38.0. The number of hydrogen-bond donors (Lipinski definition) is 3. The summed E-state index contributed by atoms with van der Waals surface area (Å²) >= 11 is 0. The number of nitrogens with one attached hydrogen (secondary N) is 3. The zero-order valence-electron chi connectivity index (χ0n) is 23.1. The number of rotatable bonds is 8. The summed E-state index contributed by atoms with van der Waals surface area (Å²) in [5.41, 5.74) is 6.59.